The molecule has 4 aromatic carbocycles. The quantitative estimate of drug-likeness (QED) is 0.289. The van der Waals surface area contributed by atoms with Crippen molar-refractivity contribution in [3.63, 3.8) is 0 Å². The monoisotopic (exact) mass is 467 g/mol. The number of fused-ring (bicyclic) bond motifs is 1. The van der Waals surface area contributed by atoms with Crippen LogP contribution in [0, 0.1) is 0 Å². The SMILES string of the molecule is COc1ccc(CC(c2ccccc2)(c2ccccc2)c2nc3ccc(Cl)cc3c(=O)o2)cc1. The van der Waals surface area contributed by atoms with Gasteiger partial charge in [0.05, 0.1) is 18.0 Å². The van der Waals surface area contributed by atoms with Gasteiger partial charge in [0.15, 0.2) is 0 Å². The van der Waals surface area contributed by atoms with Crippen LogP contribution in [0.4, 0.5) is 0 Å². The van der Waals surface area contributed by atoms with Gasteiger partial charge in [0.1, 0.15) is 11.2 Å². The van der Waals surface area contributed by atoms with Crippen molar-refractivity contribution < 1.29 is 9.15 Å². The van der Waals surface area contributed by atoms with E-state index < -0.39 is 11.0 Å². The molecule has 0 radical (unpaired) electrons. The van der Waals surface area contributed by atoms with Crippen molar-refractivity contribution in [2.24, 2.45) is 0 Å². The molecule has 5 aromatic rings. The summed E-state index contributed by atoms with van der Waals surface area (Å²) in [6, 6.07) is 33.1. The summed E-state index contributed by atoms with van der Waals surface area (Å²) in [5.41, 5.74) is 2.23. The zero-order chi connectivity index (χ0) is 23.5. The van der Waals surface area contributed by atoms with Gasteiger partial charge in [-0.05, 0) is 53.4 Å². The summed E-state index contributed by atoms with van der Waals surface area (Å²) in [7, 11) is 1.65. The van der Waals surface area contributed by atoms with Crippen LogP contribution in [-0.4, -0.2) is 12.1 Å². The van der Waals surface area contributed by atoms with E-state index in [1.54, 1.807) is 25.3 Å². The molecule has 0 unspecified atom stereocenters. The number of nitrogens with zero attached hydrogens (tertiary/aromatic N) is 1. The molecule has 0 aliphatic carbocycles. The van der Waals surface area contributed by atoms with Gasteiger partial charge < -0.3 is 9.15 Å². The number of halogens is 1. The van der Waals surface area contributed by atoms with Gasteiger partial charge in [-0.3, -0.25) is 0 Å². The van der Waals surface area contributed by atoms with E-state index in [0.29, 0.717) is 28.2 Å². The number of benzene rings is 4. The van der Waals surface area contributed by atoms with Gasteiger partial charge in [-0.1, -0.05) is 84.4 Å². The van der Waals surface area contributed by atoms with Crippen LogP contribution >= 0.6 is 11.6 Å². The fraction of sp³-hybridized carbons (Fsp3) is 0.103. The van der Waals surface area contributed by atoms with E-state index in [1.807, 2.05) is 84.9 Å². The normalized spacial score (nSPS) is 11.5. The molecule has 0 atom stereocenters. The molecule has 0 spiro atoms. The lowest BCUT2D eigenvalue weighted by Gasteiger charge is -2.33. The van der Waals surface area contributed by atoms with Gasteiger partial charge in [-0.2, -0.15) is 0 Å². The smallest absolute Gasteiger partial charge is 0.346 e. The summed E-state index contributed by atoms with van der Waals surface area (Å²) in [6.07, 6.45) is 0.528. The maximum absolute atomic E-state index is 13.1. The van der Waals surface area contributed by atoms with E-state index in [0.717, 1.165) is 22.4 Å². The van der Waals surface area contributed by atoms with Crippen molar-refractivity contribution in [2.45, 2.75) is 11.8 Å². The standard InChI is InChI=1S/C29H22ClNO3/c1-33-24-15-12-20(13-16-24)19-29(21-8-4-2-5-9-21,22-10-6-3-7-11-22)28-31-26-17-14-23(30)18-25(26)27(32)34-28/h2-18H,19H2,1H3. The van der Waals surface area contributed by atoms with E-state index in [9.17, 15) is 4.79 Å². The summed E-state index contributed by atoms with van der Waals surface area (Å²) in [5.74, 6) is 1.11. The summed E-state index contributed by atoms with van der Waals surface area (Å²) in [6.45, 7) is 0. The van der Waals surface area contributed by atoms with Crippen LogP contribution in [0.2, 0.25) is 5.02 Å². The minimum Gasteiger partial charge on any atom is -0.497 e. The van der Waals surface area contributed by atoms with Crippen LogP contribution in [0.25, 0.3) is 10.9 Å². The molecule has 1 heterocycles. The van der Waals surface area contributed by atoms with Crippen LogP contribution in [0.5, 0.6) is 5.75 Å². The van der Waals surface area contributed by atoms with Gasteiger partial charge in [0, 0.05) is 5.02 Å². The Hall–Kier alpha value is -3.89. The van der Waals surface area contributed by atoms with E-state index >= 15 is 0 Å². The predicted molar refractivity (Wildman–Crippen MR) is 135 cm³/mol. The summed E-state index contributed by atoms with van der Waals surface area (Å²) in [5, 5.41) is 0.820. The van der Waals surface area contributed by atoms with Crippen molar-refractivity contribution in [1.82, 2.24) is 4.98 Å². The zero-order valence-electron chi connectivity index (χ0n) is 18.6. The highest BCUT2D eigenvalue weighted by molar-refractivity contribution is 6.31. The van der Waals surface area contributed by atoms with Crippen LogP contribution in [-0.2, 0) is 11.8 Å². The summed E-state index contributed by atoms with van der Waals surface area (Å²) >= 11 is 6.13. The molecule has 0 aliphatic heterocycles. The Morgan fingerprint density at radius 2 is 1.47 bits per heavy atom. The van der Waals surface area contributed by atoms with Gasteiger partial charge in [-0.15, -0.1) is 0 Å². The van der Waals surface area contributed by atoms with E-state index in [4.69, 9.17) is 25.7 Å². The van der Waals surface area contributed by atoms with E-state index in [-0.39, 0.29) is 0 Å². The molecule has 34 heavy (non-hydrogen) atoms. The van der Waals surface area contributed by atoms with Crippen LogP contribution in [0.3, 0.4) is 0 Å². The maximum atomic E-state index is 13.1. The van der Waals surface area contributed by atoms with Gasteiger partial charge in [-0.25, -0.2) is 9.78 Å². The fourth-order valence-corrected chi connectivity index (χ4v) is 4.59. The molecule has 0 fully saturated rings. The number of hydrogen-bond donors (Lipinski definition) is 0. The van der Waals surface area contributed by atoms with Crippen LogP contribution in [0.15, 0.2) is 112 Å². The van der Waals surface area contributed by atoms with Gasteiger partial charge in [0.25, 0.3) is 0 Å². The molecule has 0 saturated carbocycles. The average Bonchev–Trinajstić information content (AvgIpc) is 2.89. The molecule has 0 N–H and O–H groups in total. The number of methoxy groups -OCH3 is 1. The molecule has 1 aromatic heterocycles. The first-order valence-corrected chi connectivity index (χ1v) is 11.3. The molecule has 5 rings (SSSR count). The Morgan fingerprint density at radius 3 is 2.06 bits per heavy atom. The first-order valence-electron chi connectivity index (χ1n) is 10.9. The predicted octanol–water partition coefficient (Wildman–Crippen LogP) is 6.43. The number of aromatic nitrogens is 1. The maximum Gasteiger partial charge on any atom is 0.346 e. The molecule has 0 saturated heterocycles. The summed E-state index contributed by atoms with van der Waals surface area (Å²) in [4.78, 5) is 18.0. The molecule has 0 amide bonds. The van der Waals surface area contributed by atoms with E-state index in [2.05, 4.69) is 0 Å². The van der Waals surface area contributed by atoms with Crippen molar-refractivity contribution in [3.05, 3.63) is 141 Å². The molecule has 5 heteroatoms. The van der Waals surface area contributed by atoms with Crippen molar-refractivity contribution in [1.29, 1.82) is 0 Å². The third-order valence-corrected chi connectivity index (χ3v) is 6.35. The Labute approximate surface area is 202 Å². The van der Waals surface area contributed by atoms with Crippen LogP contribution < -0.4 is 10.4 Å². The first-order chi connectivity index (χ1) is 16.6. The Balaban J connectivity index is 1.82. The largest absolute Gasteiger partial charge is 0.497 e. The third-order valence-electron chi connectivity index (χ3n) is 6.12. The Bertz CT molecular complexity index is 1440. The highest BCUT2D eigenvalue weighted by Gasteiger charge is 2.41. The lowest BCUT2D eigenvalue weighted by atomic mass is 9.70. The lowest BCUT2D eigenvalue weighted by Crippen LogP contribution is -2.34. The topological polar surface area (TPSA) is 52.3 Å². The molecule has 4 nitrogen and oxygen atoms in total. The van der Waals surface area contributed by atoms with Crippen LogP contribution in [0.1, 0.15) is 22.6 Å². The molecular weight excluding hydrogens is 446 g/mol. The molecule has 0 aliphatic rings. The van der Waals surface area contributed by atoms with Gasteiger partial charge >= 0.3 is 5.63 Å². The molecule has 0 bridgehead atoms. The molecular formula is C29H22ClNO3. The highest BCUT2D eigenvalue weighted by atomic mass is 35.5. The van der Waals surface area contributed by atoms with Gasteiger partial charge in [0.2, 0.25) is 5.89 Å². The van der Waals surface area contributed by atoms with Crippen molar-refractivity contribution >= 4 is 22.5 Å². The van der Waals surface area contributed by atoms with E-state index in [1.165, 1.54) is 0 Å². The average molecular weight is 468 g/mol. The fourth-order valence-electron chi connectivity index (χ4n) is 4.42. The second-order valence-electron chi connectivity index (χ2n) is 8.13. The zero-order valence-corrected chi connectivity index (χ0v) is 19.3. The van der Waals surface area contributed by atoms with Crippen molar-refractivity contribution in [2.75, 3.05) is 7.11 Å². The Kier molecular flexibility index (Phi) is 5.91. The number of ether oxygens (including phenoxy) is 1. The minimum atomic E-state index is -0.843. The second kappa shape index (κ2) is 9.16. The number of hydrogen-bond acceptors (Lipinski definition) is 4. The number of rotatable bonds is 6. The van der Waals surface area contributed by atoms with Crippen molar-refractivity contribution in [3.8, 4) is 5.75 Å². The summed E-state index contributed by atoms with van der Waals surface area (Å²) < 4.78 is 11.3. The second-order valence-corrected chi connectivity index (χ2v) is 8.57. The highest BCUT2D eigenvalue weighted by Crippen LogP contribution is 2.41. The third kappa shape index (κ3) is 3.97. The molecule has 168 valence electrons. The Morgan fingerprint density at radius 1 is 0.853 bits per heavy atom. The minimum absolute atomic E-state index is 0.334. The first kappa shape index (κ1) is 21.9. The lowest BCUT2D eigenvalue weighted by molar-refractivity contribution is 0.374.